The molecule has 12 heteroatoms. The van der Waals surface area contributed by atoms with Gasteiger partial charge in [-0.05, 0) is 51.9 Å². The first kappa shape index (κ1) is 28.7. The largest absolute Gasteiger partial charge is 0.486 e. The smallest absolute Gasteiger partial charge is 0.410 e. The van der Waals surface area contributed by atoms with Gasteiger partial charge in [0.15, 0.2) is 11.5 Å². The number of rotatable bonds is 7. The van der Waals surface area contributed by atoms with Gasteiger partial charge < -0.3 is 34.3 Å². The predicted octanol–water partition coefficient (Wildman–Crippen LogP) is 2.79. The zero-order valence-electron chi connectivity index (χ0n) is 23.7. The molecule has 41 heavy (non-hydrogen) atoms. The highest BCUT2D eigenvalue weighted by Crippen LogP contribution is 2.30. The molecule has 1 aromatic carbocycles. The number of hydrogen-bond donors (Lipinski definition) is 1. The van der Waals surface area contributed by atoms with E-state index >= 15 is 0 Å². The number of pyridine rings is 1. The number of hydrogen-bond acceptors (Lipinski definition) is 9. The number of likely N-dealkylation sites (tertiary alicyclic amines) is 1. The lowest BCUT2D eigenvalue weighted by atomic mass is 9.92. The minimum Gasteiger partial charge on any atom is -0.486 e. The summed E-state index contributed by atoms with van der Waals surface area (Å²) in [4.78, 5) is 38.4. The van der Waals surface area contributed by atoms with E-state index in [-0.39, 0.29) is 24.1 Å². The van der Waals surface area contributed by atoms with Crippen molar-refractivity contribution in [2.24, 2.45) is 11.7 Å². The summed E-state index contributed by atoms with van der Waals surface area (Å²) < 4.78 is 32.5. The van der Waals surface area contributed by atoms with E-state index in [1.165, 1.54) is 18.3 Å². The summed E-state index contributed by atoms with van der Waals surface area (Å²) in [5.74, 6) is 0.719. The molecule has 2 atom stereocenters. The molecule has 5 rings (SSSR count). The molecule has 11 nitrogen and oxygen atoms in total. The van der Waals surface area contributed by atoms with Crippen LogP contribution in [0.1, 0.15) is 32.9 Å². The van der Waals surface area contributed by atoms with Crippen LogP contribution in [0, 0.1) is 11.7 Å². The minimum atomic E-state index is -0.670. The maximum atomic E-state index is 13.9. The molecular weight excluding hydrogens is 531 g/mol. The van der Waals surface area contributed by atoms with Gasteiger partial charge in [0.05, 0.1) is 35.7 Å². The molecule has 2 aromatic heterocycles. The fraction of sp³-hybridized carbons (Fsp3) is 0.517. The number of amides is 1. The van der Waals surface area contributed by atoms with E-state index in [9.17, 15) is 14.0 Å². The Morgan fingerprint density at radius 1 is 1.15 bits per heavy atom. The van der Waals surface area contributed by atoms with Crippen LogP contribution in [-0.4, -0.2) is 81.5 Å². The van der Waals surface area contributed by atoms with E-state index in [4.69, 9.17) is 19.9 Å². The fourth-order valence-corrected chi connectivity index (χ4v) is 5.21. The third kappa shape index (κ3) is 7.12. The molecule has 2 aliphatic rings. The van der Waals surface area contributed by atoms with Crippen molar-refractivity contribution in [3.63, 3.8) is 0 Å². The number of halogens is 1. The molecule has 3 aromatic rings. The minimum absolute atomic E-state index is 0.0446. The molecule has 1 saturated heterocycles. The topological polar surface area (TPSA) is 125 Å². The van der Waals surface area contributed by atoms with Crippen LogP contribution in [0.5, 0.6) is 11.5 Å². The number of fused-ring (bicyclic) bond motifs is 2. The Morgan fingerprint density at radius 2 is 1.93 bits per heavy atom. The maximum absolute atomic E-state index is 13.9. The summed E-state index contributed by atoms with van der Waals surface area (Å²) >= 11 is 0. The highest BCUT2D eigenvalue weighted by atomic mass is 19.1. The second kappa shape index (κ2) is 12.0. The number of benzene rings is 1. The summed E-state index contributed by atoms with van der Waals surface area (Å²) in [6, 6.07) is 5.90. The second-order valence-electron chi connectivity index (χ2n) is 11.6. The lowest BCUT2D eigenvalue weighted by molar-refractivity contribution is 0.0152. The van der Waals surface area contributed by atoms with Crippen LogP contribution in [0.4, 0.5) is 9.18 Å². The first-order valence-corrected chi connectivity index (χ1v) is 13.9. The highest BCUT2D eigenvalue weighted by molar-refractivity contribution is 5.74. The predicted molar refractivity (Wildman–Crippen MR) is 150 cm³/mol. The average Bonchev–Trinajstić information content (AvgIpc) is 2.92. The Kier molecular flexibility index (Phi) is 8.41. The Hall–Kier alpha value is -3.77. The van der Waals surface area contributed by atoms with Gasteiger partial charge in [0.25, 0.3) is 5.56 Å². The van der Waals surface area contributed by atoms with E-state index in [0.717, 1.165) is 13.0 Å². The monoisotopic (exact) mass is 568 g/mol. The SMILES string of the molecule is CC(C)(C)OC(=O)N(Cc1cc2c(cn1)OCCO2)CC1CN(CCn2c(=O)cnc3ccc(F)cc32)CCC1N. The van der Waals surface area contributed by atoms with Crippen LogP contribution in [0.3, 0.4) is 0 Å². The summed E-state index contributed by atoms with van der Waals surface area (Å²) in [6.45, 7) is 9.32. The standard InChI is InChI=1S/C29H37FN6O5/c1-29(2,3)41-28(38)35(18-21-13-25-26(14-32-21)40-11-10-39-25)17-19-16-34(7-6-22(19)31)8-9-36-24-12-20(30)4-5-23(24)33-15-27(36)37/h4-5,12-15,19,22H,6-11,16-18,31H2,1-3H3. The van der Waals surface area contributed by atoms with Gasteiger partial charge >= 0.3 is 6.09 Å². The fourth-order valence-electron chi connectivity index (χ4n) is 5.21. The van der Waals surface area contributed by atoms with Gasteiger partial charge in [0, 0.05) is 44.2 Å². The molecule has 4 heterocycles. The molecule has 2 aliphatic heterocycles. The molecule has 0 aliphatic carbocycles. The molecule has 0 radical (unpaired) electrons. The second-order valence-corrected chi connectivity index (χ2v) is 11.6. The van der Waals surface area contributed by atoms with Crippen LogP contribution in [0.25, 0.3) is 11.0 Å². The van der Waals surface area contributed by atoms with Crippen molar-refractivity contribution < 1.29 is 23.4 Å². The number of aromatic nitrogens is 3. The van der Waals surface area contributed by atoms with E-state index in [1.54, 1.807) is 27.8 Å². The Bertz CT molecular complexity index is 1460. The van der Waals surface area contributed by atoms with Crippen LogP contribution >= 0.6 is 0 Å². The third-order valence-electron chi connectivity index (χ3n) is 7.27. The normalized spacial score (nSPS) is 19.2. The van der Waals surface area contributed by atoms with Crippen LogP contribution in [-0.2, 0) is 17.8 Å². The first-order chi connectivity index (χ1) is 19.6. The van der Waals surface area contributed by atoms with E-state index < -0.39 is 17.5 Å². The van der Waals surface area contributed by atoms with Gasteiger partial charge in [-0.2, -0.15) is 0 Å². The van der Waals surface area contributed by atoms with Gasteiger partial charge in [0.1, 0.15) is 24.6 Å². The summed E-state index contributed by atoms with van der Waals surface area (Å²) in [7, 11) is 0. The van der Waals surface area contributed by atoms with Gasteiger partial charge in [-0.1, -0.05) is 0 Å². The van der Waals surface area contributed by atoms with Gasteiger partial charge in [-0.3, -0.25) is 9.78 Å². The quantitative estimate of drug-likeness (QED) is 0.458. The third-order valence-corrected chi connectivity index (χ3v) is 7.27. The Labute approximate surface area is 238 Å². The van der Waals surface area contributed by atoms with E-state index in [1.807, 2.05) is 20.8 Å². The zero-order valence-corrected chi connectivity index (χ0v) is 23.7. The number of ether oxygens (including phenoxy) is 3. The lowest BCUT2D eigenvalue weighted by Crippen LogP contribution is -2.53. The molecule has 1 amide bonds. The molecule has 0 bridgehead atoms. The van der Waals surface area contributed by atoms with Crippen molar-refractivity contribution in [2.75, 3.05) is 39.4 Å². The molecular formula is C29H37FN6O5. The maximum Gasteiger partial charge on any atom is 0.410 e. The Balaban J connectivity index is 1.30. The molecule has 0 spiro atoms. The van der Waals surface area contributed by atoms with Gasteiger partial charge in [0.2, 0.25) is 0 Å². The summed E-state index contributed by atoms with van der Waals surface area (Å²) in [5, 5.41) is 0. The number of nitrogens with two attached hydrogens (primary N) is 1. The first-order valence-electron chi connectivity index (χ1n) is 13.9. The van der Waals surface area contributed by atoms with Crippen molar-refractivity contribution in [2.45, 2.75) is 51.9 Å². The van der Waals surface area contributed by atoms with Crippen LogP contribution in [0.2, 0.25) is 0 Å². The zero-order chi connectivity index (χ0) is 29.1. The van der Waals surface area contributed by atoms with E-state index in [0.29, 0.717) is 67.6 Å². The van der Waals surface area contributed by atoms with Gasteiger partial charge in [-0.25, -0.2) is 14.2 Å². The van der Waals surface area contributed by atoms with Gasteiger partial charge in [-0.15, -0.1) is 0 Å². The van der Waals surface area contributed by atoms with Crippen molar-refractivity contribution in [3.05, 3.63) is 58.5 Å². The van der Waals surface area contributed by atoms with Crippen molar-refractivity contribution >= 4 is 17.1 Å². The molecule has 0 saturated carbocycles. The highest BCUT2D eigenvalue weighted by Gasteiger charge is 2.32. The van der Waals surface area contributed by atoms with Crippen molar-refractivity contribution in [3.8, 4) is 11.5 Å². The average molecular weight is 569 g/mol. The molecule has 1 fully saturated rings. The molecule has 220 valence electrons. The number of nitrogens with zero attached hydrogens (tertiary/aromatic N) is 5. The van der Waals surface area contributed by atoms with Crippen LogP contribution < -0.4 is 20.8 Å². The summed E-state index contributed by atoms with van der Waals surface area (Å²) in [6.07, 6.45) is 3.16. The molecule has 2 unspecified atom stereocenters. The summed E-state index contributed by atoms with van der Waals surface area (Å²) in [5.41, 5.74) is 7.28. The van der Waals surface area contributed by atoms with Crippen molar-refractivity contribution in [1.29, 1.82) is 0 Å². The van der Waals surface area contributed by atoms with Crippen LogP contribution in [0.15, 0.2) is 41.5 Å². The molecule has 2 N–H and O–H groups in total. The van der Waals surface area contributed by atoms with E-state index in [2.05, 4.69) is 14.9 Å². The lowest BCUT2D eigenvalue weighted by Gasteiger charge is -2.39. The number of piperidine rings is 1. The number of carbonyl (C=O) groups is 1. The Morgan fingerprint density at radius 3 is 2.71 bits per heavy atom. The van der Waals surface area contributed by atoms with Crippen molar-refractivity contribution in [1.82, 2.24) is 24.3 Å². The number of carbonyl (C=O) groups excluding carboxylic acids is 1.